The number of halogens is 3. The van der Waals surface area contributed by atoms with Gasteiger partial charge in [-0.05, 0) is 18.6 Å². The van der Waals surface area contributed by atoms with E-state index in [0.29, 0.717) is 28.2 Å². The number of anilines is 1. The number of carboxylic acid groups (broad SMARTS) is 1. The maximum Gasteiger partial charge on any atom is 0.573 e. The molecular weight excluding hydrogens is 337 g/mol. The van der Waals surface area contributed by atoms with Crippen LogP contribution in [0.25, 0.3) is 10.2 Å². The number of thiazole rings is 1. The molecule has 0 atom stereocenters. The molecule has 10 heteroatoms. The van der Waals surface area contributed by atoms with Crippen molar-refractivity contribution < 1.29 is 32.6 Å². The van der Waals surface area contributed by atoms with Gasteiger partial charge in [-0.2, -0.15) is 0 Å². The van der Waals surface area contributed by atoms with Crippen LogP contribution in [0.2, 0.25) is 0 Å². The van der Waals surface area contributed by atoms with Gasteiger partial charge in [0.1, 0.15) is 5.75 Å². The van der Waals surface area contributed by atoms with Gasteiger partial charge in [0.15, 0.2) is 5.13 Å². The Morgan fingerprint density at radius 2 is 2.13 bits per heavy atom. The highest BCUT2D eigenvalue weighted by Gasteiger charge is 2.31. The number of amides is 1. The predicted octanol–water partition coefficient (Wildman–Crippen LogP) is 3.63. The van der Waals surface area contributed by atoms with Gasteiger partial charge in [-0.25, -0.2) is 4.98 Å². The Morgan fingerprint density at radius 3 is 2.70 bits per heavy atom. The molecule has 2 aromatic rings. The predicted molar refractivity (Wildman–Crippen MR) is 78.5 cm³/mol. The van der Waals surface area contributed by atoms with Crippen LogP contribution in [0.5, 0.6) is 5.75 Å². The number of rotatable bonds is 4. The number of aromatic nitrogens is 1. The fourth-order valence-electron chi connectivity index (χ4n) is 1.56. The second kappa shape index (κ2) is 8.32. The minimum Gasteiger partial charge on any atom is -0.483 e. The van der Waals surface area contributed by atoms with Gasteiger partial charge in [-0.3, -0.25) is 9.59 Å². The van der Waals surface area contributed by atoms with Crippen molar-refractivity contribution in [3.63, 3.8) is 0 Å². The number of alkyl halides is 3. The van der Waals surface area contributed by atoms with Crippen molar-refractivity contribution in [2.24, 2.45) is 0 Å². The lowest BCUT2D eigenvalue weighted by molar-refractivity contribution is -0.274. The molecule has 0 aliphatic carbocycles. The van der Waals surface area contributed by atoms with Crippen LogP contribution in [0.4, 0.5) is 18.3 Å². The number of ether oxygens (including phenoxy) is 1. The highest BCUT2D eigenvalue weighted by atomic mass is 32.1. The van der Waals surface area contributed by atoms with Crippen LogP contribution < -0.4 is 10.1 Å². The molecule has 1 aromatic heterocycles. The molecule has 0 aliphatic rings. The Morgan fingerprint density at radius 1 is 1.48 bits per heavy atom. The fourth-order valence-corrected chi connectivity index (χ4v) is 2.47. The van der Waals surface area contributed by atoms with E-state index >= 15 is 0 Å². The van der Waals surface area contributed by atoms with Crippen molar-refractivity contribution in [1.82, 2.24) is 4.98 Å². The zero-order valence-corrected chi connectivity index (χ0v) is 12.7. The number of benzene rings is 1. The molecule has 6 nitrogen and oxygen atoms in total. The van der Waals surface area contributed by atoms with Gasteiger partial charge >= 0.3 is 6.36 Å². The third kappa shape index (κ3) is 6.51. The lowest BCUT2D eigenvalue weighted by atomic mass is 10.3. The Labute approximate surface area is 132 Å². The average molecular weight is 350 g/mol. The summed E-state index contributed by atoms with van der Waals surface area (Å²) in [5.74, 6) is -0.474. The Bertz CT molecular complexity index is 673. The Hall–Kier alpha value is -2.36. The van der Waals surface area contributed by atoms with E-state index in [1.165, 1.54) is 18.2 Å². The standard InChI is InChI=1S/C12H11F3N2O2S.CH2O2/c1-2-3-10(18)17-11-16-8-5-4-7(6-9(8)20-11)19-12(13,14)15;2-1-3/h4-6H,2-3H2,1H3,(H,16,17,18);1H,(H,2,3). The molecule has 2 rings (SSSR count). The molecule has 23 heavy (non-hydrogen) atoms. The van der Waals surface area contributed by atoms with E-state index in [4.69, 9.17) is 9.90 Å². The van der Waals surface area contributed by atoms with Crippen molar-refractivity contribution >= 4 is 39.1 Å². The van der Waals surface area contributed by atoms with Gasteiger partial charge in [0, 0.05) is 12.5 Å². The fraction of sp³-hybridized carbons (Fsp3) is 0.308. The molecule has 1 aromatic carbocycles. The topological polar surface area (TPSA) is 88.5 Å². The molecule has 126 valence electrons. The van der Waals surface area contributed by atoms with Gasteiger partial charge in [0.2, 0.25) is 5.91 Å². The van der Waals surface area contributed by atoms with E-state index in [1.54, 1.807) is 0 Å². The van der Waals surface area contributed by atoms with Crippen LogP contribution in [0.1, 0.15) is 19.8 Å². The summed E-state index contributed by atoms with van der Waals surface area (Å²) < 4.78 is 40.7. The number of fused-ring (bicyclic) bond motifs is 1. The summed E-state index contributed by atoms with van der Waals surface area (Å²) in [7, 11) is 0. The molecule has 0 radical (unpaired) electrons. The van der Waals surface area contributed by atoms with Gasteiger partial charge in [0.25, 0.3) is 6.47 Å². The summed E-state index contributed by atoms with van der Waals surface area (Å²) in [6.45, 7) is 1.62. The lowest BCUT2D eigenvalue weighted by Crippen LogP contribution is -2.16. The minimum atomic E-state index is -4.73. The summed E-state index contributed by atoms with van der Waals surface area (Å²) in [6, 6.07) is 3.85. The van der Waals surface area contributed by atoms with Gasteiger partial charge in [0.05, 0.1) is 10.2 Å². The van der Waals surface area contributed by atoms with Crippen LogP contribution in [-0.4, -0.2) is 28.8 Å². The first kappa shape index (κ1) is 18.7. The quantitative estimate of drug-likeness (QED) is 0.822. The van der Waals surface area contributed by atoms with Gasteiger partial charge < -0.3 is 15.2 Å². The highest BCUT2D eigenvalue weighted by Crippen LogP contribution is 2.31. The summed E-state index contributed by atoms with van der Waals surface area (Å²) in [5, 5.41) is 9.86. The van der Waals surface area contributed by atoms with E-state index in [2.05, 4.69) is 15.0 Å². The zero-order valence-electron chi connectivity index (χ0n) is 11.9. The van der Waals surface area contributed by atoms with Gasteiger partial charge in [-0.15, -0.1) is 13.2 Å². The third-order valence-electron chi connectivity index (χ3n) is 2.32. The highest BCUT2D eigenvalue weighted by molar-refractivity contribution is 7.22. The van der Waals surface area contributed by atoms with Crippen LogP contribution in [0, 0.1) is 0 Å². The number of nitrogens with one attached hydrogen (secondary N) is 1. The molecule has 0 fully saturated rings. The Balaban J connectivity index is 0.000000816. The summed E-state index contributed by atoms with van der Waals surface area (Å²) >= 11 is 1.10. The summed E-state index contributed by atoms with van der Waals surface area (Å²) in [5.41, 5.74) is 0.510. The molecule has 0 aliphatic heterocycles. The molecule has 2 N–H and O–H groups in total. The van der Waals surface area contributed by atoms with Crippen molar-refractivity contribution in [2.75, 3.05) is 5.32 Å². The number of nitrogens with zero attached hydrogens (tertiary/aromatic N) is 1. The molecule has 0 bridgehead atoms. The van der Waals surface area contributed by atoms with E-state index < -0.39 is 6.36 Å². The van der Waals surface area contributed by atoms with Crippen molar-refractivity contribution in [3.8, 4) is 5.75 Å². The number of carbonyl (C=O) groups is 2. The van der Waals surface area contributed by atoms with Crippen molar-refractivity contribution in [1.29, 1.82) is 0 Å². The molecule has 1 amide bonds. The average Bonchev–Trinajstić information content (AvgIpc) is 2.79. The molecule has 0 spiro atoms. The maximum atomic E-state index is 12.1. The van der Waals surface area contributed by atoms with E-state index in [-0.39, 0.29) is 18.1 Å². The SMILES string of the molecule is CCCC(=O)Nc1nc2ccc(OC(F)(F)F)cc2s1.O=CO. The zero-order chi connectivity index (χ0) is 17.5. The maximum absolute atomic E-state index is 12.1. The van der Waals surface area contributed by atoms with Crippen molar-refractivity contribution in [2.45, 2.75) is 26.1 Å². The Kier molecular flexibility index (Phi) is 6.76. The normalized spacial score (nSPS) is 10.6. The van der Waals surface area contributed by atoms with E-state index in [0.717, 1.165) is 11.3 Å². The summed E-state index contributed by atoms with van der Waals surface area (Å²) in [6.07, 6.45) is -3.64. The largest absolute Gasteiger partial charge is 0.573 e. The van der Waals surface area contributed by atoms with Crippen molar-refractivity contribution in [3.05, 3.63) is 18.2 Å². The molecular formula is C13H13F3N2O4S. The molecule has 0 unspecified atom stereocenters. The van der Waals surface area contributed by atoms with Crippen LogP contribution in [-0.2, 0) is 9.59 Å². The van der Waals surface area contributed by atoms with E-state index in [9.17, 15) is 18.0 Å². The molecule has 0 saturated carbocycles. The third-order valence-corrected chi connectivity index (χ3v) is 3.25. The number of hydrogen-bond donors (Lipinski definition) is 2. The second-order valence-corrected chi connectivity index (χ2v) is 5.13. The smallest absolute Gasteiger partial charge is 0.483 e. The monoisotopic (exact) mass is 350 g/mol. The lowest BCUT2D eigenvalue weighted by Gasteiger charge is -2.07. The first-order valence-corrected chi connectivity index (χ1v) is 7.14. The van der Waals surface area contributed by atoms with Crippen LogP contribution in [0.15, 0.2) is 18.2 Å². The van der Waals surface area contributed by atoms with Gasteiger partial charge in [-0.1, -0.05) is 18.3 Å². The number of hydrogen-bond acceptors (Lipinski definition) is 5. The first-order valence-electron chi connectivity index (χ1n) is 6.33. The van der Waals surface area contributed by atoms with E-state index in [1.807, 2.05) is 6.92 Å². The number of carbonyl (C=O) groups excluding carboxylic acids is 1. The first-order chi connectivity index (χ1) is 10.8. The molecule has 1 heterocycles. The molecule has 0 saturated heterocycles. The van der Waals surface area contributed by atoms with Crippen LogP contribution in [0.3, 0.4) is 0 Å². The summed E-state index contributed by atoms with van der Waals surface area (Å²) in [4.78, 5) is 23.9. The van der Waals surface area contributed by atoms with Crippen LogP contribution >= 0.6 is 11.3 Å². The minimum absolute atomic E-state index is 0.168. The second-order valence-electron chi connectivity index (χ2n) is 4.10.